The quantitative estimate of drug-likeness (QED) is 0.370. The van der Waals surface area contributed by atoms with Gasteiger partial charge in [0, 0.05) is 21.0 Å². The number of aromatic carboxylic acids is 1. The van der Waals surface area contributed by atoms with E-state index in [4.69, 9.17) is 14.8 Å². The van der Waals surface area contributed by atoms with Crippen molar-refractivity contribution in [2.45, 2.75) is 13.5 Å². The monoisotopic (exact) mass is 465 g/mol. The third-order valence-electron chi connectivity index (χ3n) is 4.92. The SMILES string of the molecule is Cc1c(-c2ccccc2)nc2ccc(Br)cc2c1COc1ccc(C(=O)O)cc1F. The van der Waals surface area contributed by atoms with Crippen LogP contribution in [0.2, 0.25) is 0 Å². The molecule has 0 amide bonds. The summed E-state index contributed by atoms with van der Waals surface area (Å²) in [4.78, 5) is 15.9. The normalized spacial score (nSPS) is 10.9. The highest BCUT2D eigenvalue weighted by Crippen LogP contribution is 2.32. The van der Waals surface area contributed by atoms with Gasteiger partial charge in [-0.25, -0.2) is 14.2 Å². The van der Waals surface area contributed by atoms with E-state index >= 15 is 0 Å². The van der Waals surface area contributed by atoms with Crippen molar-refractivity contribution in [2.24, 2.45) is 0 Å². The van der Waals surface area contributed by atoms with Crippen LogP contribution in [0.5, 0.6) is 5.75 Å². The van der Waals surface area contributed by atoms with Gasteiger partial charge in [-0.3, -0.25) is 0 Å². The van der Waals surface area contributed by atoms with Crippen LogP contribution in [0.3, 0.4) is 0 Å². The molecule has 0 fully saturated rings. The summed E-state index contributed by atoms with van der Waals surface area (Å²) in [7, 11) is 0. The molecular formula is C24H17BrFNO3. The second-order valence-corrected chi connectivity index (χ2v) is 7.75. The molecule has 0 aliphatic heterocycles. The van der Waals surface area contributed by atoms with E-state index in [1.165, 1.54) is 12.1 Å². The molecule has 0 bridgehead atoms. The van der Waals surface area contributed by atoms with Gasteiger partial charge in [0.05, 0.1) is 16.8 Å². The molecule has 0 saturated carbocycles. The van der Waals surface area contributed by atoms with Gasteiger partial charge in [0.25, 0.3) is 0 Å². The molecule has 3 aromatic carbocycles. The molecule has 1 N–H and O–H groups in total. The highest BCUT2D eigenvalue weighted by atomic mass is 79.9. The van der Waals surface area contributed by atoms with Crippen molar-refractivity contribution in [2.75, 3.05) is 0 Å². The lowest BCUT2D eigenvalue weighted by Crippen LogP contribution is -2.05. The molecule has 0 unspecified atom stereocenters. The lowest BCUT2D eigenvalue weighted by molar-refractivity contribution is 0.0696. The zero-order valence-electron chi connectivity index (χ0n) is 16.0. The number of carboxylic acids is 1. The summed E-state index contributed by atoms with van der Waals surface area (Å²) in [5, 5.41) is 9.92. The second-order valence-electron chi connectivity index (χ2n) is 6.83. The van der Waals surface area contributed by atoms with E-state index < -0.39 is 11.8 Å². The first-order chi connectivity index (χ1) is 14.4. The summed E-state index contributed by atoms with van der Waals surface area (Å²) in [5.41, 5.74) is 4.34. The first-order valence-electron chi connectivity index (χ1n) is 9.24. The Morgan fingerprint density at radius 3 is 2.57 bits per heavy atom. The van der Waals surface area contributed by atoms with Crippen LogP contribution in [0.25, 0.3) is 22.2 Å². The van der Waals surface area contributed by atoms with Crippen LogP contribution >= 0.6 is 15.9 Å². The Labute approximate surface area is 181 Å². The second kappa shape index (κ2) is 8.24. The van der Waals surface area contributed by atoms with E-state index in [9.17, 15) is 9.18 Å². The number of hydrogen-bond donors (Lipinski definition) is 1. The maximum absolute atomic E-state index is 14.3. The molecule has 1 heterocycles. The number of carbonyl (C=O) groups is 1. The van der Waals surface area contributed by atoms with Crippen LogP contribution in [0.4, 0.5) is 4.39 Å². The molecule has 0 aliphatic carbocycles. The topological polar surface area (TPSA) is 59.4 Å². The van der Waals surface area contributed by atoms with Gasteiger partial charge < -0.3 is 9.84 Å². The number of pyridine rings is 1. The van der Waals surface area contributed by atoms with Crippen LogP contribution in [-0.4, -0.2) is 16.1 Å². The Balaban J connectivity index is 1.78. The number of rotatable bonds is 5. The molecule has 0 radical (unpaired) electrons. The van der Waals surface area contributed by atoms with Crippen LogP contribution < -0.4 is 4.74 Å². The van der Waals surface area contributed by atoms with Gasteiger partial charge in [0.15, 0.2) is 11.6 Å². The van der Waals surface area contributed by atoms with Crippen molar-refractivity contribution in [3.8, 4) is 17.0 Å². The summed E-state index contributed by atoms with van der Waals surface area (Å²) in [6.45, 7) is 2.09. The molecule has 4 aromatic rings. The summed E-state index contributed by atoms with van der Waals surface area (Å²) >= 11 is 3.50. The first kappa shape index (κ1) is 20.0. The minimum absolute atomic E-state index is 0.000574. The number of fused-ring (bicyclic) bond motifs is 1. The standard InChI is InChI=1S/C24H17BrFNO3/c1-14-19(13-30-22-10-7-16(24(28)29)11-20(22)26)18-12-17(25)8-9-21(18)27-23(14)15-5-3-2-4-6-15/h2-12H,13H2,1H3,(H,28,29). The smallest absolute Gasteiger partial charge is 0.335 e. The van der Waals surface area contributed by atoms with Gasteiger partial charge in [0.2, 0.25) is 0 Å². The van der Waals surface area contributed by atoms with Crippen LogP contribution in [0.15, 0.2) is 71.2 Å². The lowest BCUT2D eigenvalue weighted by Gasteiger charge is -2.16. The van der Waals surface area contributed by atoms with E-state index in [1.807, 2.05) is 55.5 Å². The average molecular weight is 466 g/mol. The van der Waals surface area contributed by atoms with Gasteiger partial charge in [-0.15, -0.1) is 0 Å². The molecule has 30 heavy (non-hydrogen) atoms. The summed E-state index contributed by atoms with van der Waals surface area (Å²) in [5.74, 6) is -1.90. The third-order valence-corrected chi connectivity index (χ3v) is 5.42. The molecule has 150 valence electrons. The lowest BCUT2D eigenvalue weighted by atomic mass is 9.98. The fourth-order valence-corrected chi connectivity index (χ4v) is 3.72. The van der Waals surface area contributed by atoms with E-state index in [2.05, 4.69) is 15.9 Å². The Kier molecular flexibility index (Phi) is 5.50. The molecule has 4 rings (SSSR count). The van der Waals surface area contributed by atoms with Crippen molar-refractivity contribution in [3.05, 3.63) is 93.7 Å². The van der Waals surface area contributed by atoms with Crippen molar-refractivity contribution in [3.63, 3.8) is 0 Å². The minimum Gasteiger partial charge on any atom is -0.486 e. The average Bonchev–Trinajstić information content (AvgIpc) is 2.74. The molecule has 0 aliphatic rings. The molecule has 0 saturated heterocycles. The summed E-state index contributed by atoms with van der Waals surface area (Å²) < 4.78 is 21.0. The number of aromatic nitrogens is 1. The van der Waals surface area contributed by atoms with Crippen molar-refractivity contribution in [1.29, 1.82) is 0 Å². The first-order valence-corrected chi connectivity index (χ1v) is 10.0. The molecule has 6 heteroatoms. The van der Waals surface area contributed by atoms with Crippen molar-refractivity contribution in [1.82, 2.24) is 4.98 Å². The zero-order valence-corrected chi connectivity index (χ0v) is 17.6. The van der Waals surface area contributed by atoms with Crippen LogP contribution in [0.1, 0.15) is 21.5 Å². The van der Waals surface area contributed by atoms with Gasteiger partial charge >= 0.3 is 5.97 Å². The summed E-state index contributed by atoms with van der Waals surface area (Å²) in [6.07, 6.45) is 0. The van der Waals surface area contributed by atoms with E-state index in [-0.39, 0.29) is 17.9 Å². The van der Waals surface area contributed by atoms with Gasteiger partial charge in [-0.1, -0.05) is 46.3 Å². The number of benzene rings is 3. The molecule has 1 aromatic heterocycles. The molecule has 0 atom stereocenters. The van der Waals surface area contributed by atoms with Gasteiger partial charge in [-0.2, -0.15) is 0 Å². The number of hydrogen-bond acceptors (Lipinski definition) is 3. The predicted molar refractivity (Wildman–Crippen MR) is 117 cm³/mol. The Morgan fingerprint density at radius 2 is 1.87 bits per heavy atom. The van der Waals surface area contributed by atoms with Gasteiger partial charge in [0.1, 0.15) is 6.61 Å². The van der Waals surface area contributed by atoms with Gasteiger partial charge in [-0.05, 0) is 48.9 Å². The number of ether oxygens (including phenoxy) is 1. The zero-order chi connectivity index (χ0) is 21.3. The van der Waals surface area contributed by atoms with E-state index in [0.29, 0.717) is 0 Å². The number of carboxylic acid groups (broad SMARTS) is 1. The fraction of sp³-hybridized carbons (Fsp3) is 0.0833. The maximum Gasteiger partial charge on any atom is 0.335 e. The van der Waals surface area contributed by atoms with E-state index in [1.54, 1.807) is 0 Å². The molecule has 4 nitrogen and oxygen atoms in total. The van der Waals surface area contributed by atoms with Crippen LogP contribution in [-0.2, 0) is 6.61 Å². The predicted octanol–water partition coefficient (Wildman–Crippen LogP) is 6.39. The number of nitrogens with zero attached hydrogens (tertiary/aromatic N) is 1. The Morgan fingerprint density at radius 1 is 1.10 bits per heavy atom. The highest BCUT2D eigenvalue weighted by Gasteiger charge is 2.16. The van der Waals surface area contributed by atoms with E-state index in [0.717, 1.165) is 43.8 Å². The maximum atomic E-state index is 14.3. The largest absolute Gasteiger partial charge is 0.486 e. The Bertz CT molecular complexity index is 1260. The van der Waals surface area contributed by atoms with Crippen LogP contribution in [0, 0.1) is 12.7 Å². The molecular weight excluding hydrogens is 449 g/mol. The number of halogens is 2. The summed E-state index contributed by atoms with van der Waals surface area (Å²) in [6, 6.07) is 19.3. The highest BCUT2D eigenvalue weighted by molar-refractivity contribution is 9.10. The third kappa shape index (κ3) is 3.91. The fourth-order valence-electron chi connectivity index (χ4n) is 3.36. The van der Waals surface area contributed by atoms with Crippen molar-refractivity contribution >= 4 is 32.8 Å². The Hall–Kier alpha value is -3.25. The molecule has 0 spiro atoms. The minimum atomic E-state index is -1.19. The van der Waals surface area contributed by atoms with Crippen molar-refractivity contribution < 1.29 is 19.0 Å².